The summed E-state index contributed by atoms with van der Waals surface area (Å²) in [6.07, 6.45) is -1.31. The number of benzene rings is 5. The normalized spacial score (nSPS) is 19.3. The zero-order valence-electron chi connectivity index (χ0n) is 31.3. The molecule has 3 N–H and O–H groups in total. The Kier molecular flexibility index (Phi) is 12.8. The molecular formula is C45H43N3O8S. The summed E-state index contributed by atoms with van der Waals surface area (Å²) >= 11 is 1.67. The molecule has 11 nitrogen and oxygen atoms in total. The number of ether oxygens (including phenoxy) is 3. The van der Waals surface area contributed by atoms with E-state index in [1.807, 2.05) is 127 Å². The predicted octanol–water partition coefficient (Wildman–Crippen LogP) is 7.70. The Labute approximate surface area is 335 Å². The number of thioether (sulfide) groups is 1. The molecule has 0 radical (unpaired) electrons. The van der Waals surface area contributed by atoms with Gasteiger partial charge in [-0.05, 0) is 57.6 Å². The first-order valence-electron chi connectivity index (χ1n) is 18.7. The predicted molar refractivity (Wildman–Crippen MR) is 215 cm³/mol. The first-order valence-corrected chi connectivity index (χ1v) is 19.7. The van der Waals surface area contributed by atoms with Crippen LogP contribution in [0, 0.1) is 0 Å². The average Bonchev–Trinajstić information content (AvgIpc) is 3.50. The van der Waals surface area contributed by atoms with Crippen molar-refractivity contribution in [3.05, 3.63) is 155 Å². The van der Waals surface area contributed by atoms with Crippen molar-refractivity contribution in [2.45, 2.75) is 69.0 Å². The second-order valence-corrected chi connectivity index (χ2v) is 15.0. The Morgan fingerprint density at radius 3 is 2.25 bits per heavy atom. The van der Waals surface area contributed by atoms with Gasteiger partial charge < -0.3 is 30.0 Å². The van der Waals surface area contributed by atoms with Crippen LogP contribution >= 0.6 is 11.8 Å². The number of hydrogen-bond acceptors (Lipinski definition) is 9. The summed E-state index contributed by atoms with van der Waals surface area (Å²) in [5.74, 6) is -0.301. The molecule has 12 heteroatoms. The molecule has 5 aromatic carbocycles. The van der Waals surface area contributed by atoms with Gasteiger partial charge in [-0.1, -0.05) is 103 Å². The van der Waals surface area contributed by atoms with Crippen LogP contribution < -0.4 is 10.6 Å². The van der Waals surface area contributed by atoms with Gasteiger partial charge in [0, 0.05) is 35.2 Å². The highest BCUT2D eigenvalue weighted by molar-refractivity contribution is 7.99. The molecule has 57 heavy (non-hydrogen) atoms. The fraction of sp³-hybridized carbons (Fsp3) is 0.244. The van der Waals surface area contributed by atoms with Gasteiger partial charge in [-0.15, -0.1) is 11.8 Å². The molecule has 4 amide bonds. The standard InChI is InChI=1S/C45H43N3O8S/c1-29(50)46-36-19-21-38(22-20-36)57-28-37-23-41(33-13-11-30(26-49)12-14-33)56-44(55-37)34-17-15-32(16-18-34)39-10-6-5-9-35(39)25-48-42(51)24-40(43(48)52)47-45(53)54-27-31-7-3-2-4-8-31/h2-22,37,40-41,44,49H,23-28H2,1H3,(H,46,50)(H,47,53)/t37-,40?,41+,44+/m1/s1. The van der Waals surface area contributed by atoms with Crippen LogP contribution in [0.1, 0.15) is 60.0 Å². The minimum atomic E-state index is -1.00. The molecule has 4 atom stereocenters. The summed E-state index contributed by atoms with van der Waals surface area (Å²) in [5.41, 5.74) is 6.71. The Bertz CT molecular complexity index is 2180. The van der Waals surface area contributed by atoms with Crippen molar-refractivity contribution in [1.82, 2.24) is 10.2 Å². The zero-order valence-corrected chi connectivity index (χ0v) is 32.2. The zero-order chi connectivity index (χ0) is 39.7. The molecule has 0 bridgehead atoms. The Hall–Kier alpha value is -5.79. The molecular weight excluding hydrogens is 743 g/mol. The highest BCUT2D eigenvalue weighted by Crippen LogP contribution is 2.40. The summed E-state index contributed by atoms with van der Waals surface area (Å²) in [6, 6.07) is 39.1. The number of rotatable bonds is 13. The molecule has 0 aliphatic carbocycles. The van der Waals surface area contributed by atoms with Crippen molar-refractivity contribution in [3.63, 3.8) is 0 Å². The van der Waals surface area contributed by atoms with E-state index in [9.17, 15) is 24.3 Å². The van der Waals surface area contributed by atoms with E-state index < -0.39 is 24.3 Å². The maximum atomic E-state index is 13.3. The molecule has 5 aromatic rings. The lowest BCUT2D eigenvalue weighted by Crippen LogP contribution is -2.41. The quantitative estimate of drug-likeness (QED) is 0.0809. The van der Waals surface area contributed by atoms with E-state index in [0.29, 0.717) is 12.2 Å². The van der Waals surface area contributed by atoms with Gasteiger partial charge in [0.1, 0.15) is 12.6 Å². The molecule has 2 heterocycles. The third kappa shape index (κ3) is 10.2. The van der Waals surface area contributed by atoms with Crippen molar-refractivity contribution in [3.8, 4) is 11.1 Å². The van der Waals surface area contributed by atoms with Crippen LogP contribution in [0.3, 0.4) is 0 Å². The van der Waals surface area contributed by atoms with Crippen LogP contribution in [-0.4, -0.2) is 51.7 Å². The number of alkyl carbamates (subject to hydrolysis) is 1. The molecule has 2 saturated heterocycles. The number of anilines is 1. The summed E-state index contributed by atoms with van der Waals surface area (Å²) in [6.45, 7) is 1.54. The van der Waals surface area contributed by atoms with E-state index in [1.54, 1.807) is 11.8 Å². The average molecular weight is 786 g/mol. The van der Waals surface area contributed by atoms with E-state index >= 15 is 0 Å². The van der Waals surface area contributed by atoms with Gasteiger partial charge in [0.2, 0.25) is 11.8 Å². The SMILES string of the molecule is CC(=O)Nc1ccc(SC[C@H]2C[C@@H](c3ccc(CO)cc3)O[C@@H](c3ccc(-c4ccccc4CN4C(=O)CC(NC(=O)OCc5ccccc5)C4=O)cc3)O2)cc1. The maximum absolute atomic E-state index is 13.3. The van der Waals surface area contributed by atoms with E-state index in [0.717, 1.165) is 49.5 Å². The van der Waals surface area contributed by atoms with Crippen molar-refractivity contribution < 1.29 is 38.5 Å². The number of nitrogens with one attached hydrogen (secondary N) is 2. The highest BCUT2D eigenvalue weighted by Gasteiger charge is 2.40. The van der Waals surface area contributed by atoms with E-state index in [2.05, 4.69) is 10.6 Å². The van der Waals surface area contributed by atoms with E-state index in [-0.39, 0.29) is 50.2 Å². The second-order valence-electron chi connectivity index (χ2n) is 13.9. The minimum Gasteiger partial charge on any atom is -0.445 e. The Morgan fingerprint density at radius 2 is 1.53 bits per heavy atom. The second kappa shape index (κ2) is 18.4. The molecule has 0 aromatic heterocycles. The third-order valence-corrected chi connectivity index (χ3v) is 11.0. The number of imide groups is 1. The van der Waals surface area contributed by atoms with Crippen molar-refractivity contribution >= 4 is 41.3 Å². The number of aliphatic hydroxyl groups excluding tert-OH is 1. The lowest BCUT2D eigenvalue weighted by Gasteiger charge is -2.36. The third-order valence-electron chi connectivity index (χ3n) is 9.81. The fourth-order valence-corrected chi connectivity index (χ4v) is 7.77. The number of hydrogen-bond donors (Lipinski definition) is 3. The van der Waals surface area contributed by atoms with Crippen LogP contribution in [0.25, 0.3) is 11.1 Å². The summed E-state index contributed by atoms with van der Waals surface area (Å²) in [7, 11) is 0. The lowest BCUT2D eigenvalue weighted by atomic mass is 9.97. The largest absolute Gasteiger partial charge is 0.445 e. The van der Waals surface area contributed by atoms with Crippen LogP contribution in [0.5, 0.6) is 0 Å². The summed E-state index contributed by atoms with van der Waals surface area (Å²) < 4.78 is 18.4. The van der Waals surface area contributed by atoms with Gasteiger partial charge in [0.25, 0.3) is 5.91 Å². The van der Waals surface area contributed by atoms with Crippen molar-refractivity contribution in [1.29, 1.82) is 0 Å². The molecule has 7 rings (SSSR count). The van der Waals surface area contributed by atoms with Crippen molar-refractivity contribution in [2.24, 2.45) is 0 Å². The first kappa shape index (κ1) is 39.4. The van der Waals surface area contributed by atoms with Crippen molar-refractivity contribution in [2.75, 3.05) is 11.1 Å². The van der Waals surface area contributed by atoms with Gasteiger partial charge in [-0.25, -0.2) is 4.79 Å². The topological polar surface area (TPSA) is 144 Å². The number of carbonyl (C=O) groups is 4. The first-order chi connectivity index (χ1) is 27.7. The molecule has 2 fully saturated rings. The Morgan fingerprint density at radius 1 is 0.825 bits per heavy atom. The Balaban J connectivity index is 1.02. The monoisotopic (exact) mass is 785 g/mol. The molecule has 2 aliphatic rings. The maximum Gasteiger partial charge on any atom is 0.408 e. The number of aliphatic hydroxyl groups is 1. The number of carbonyl (C=O) groups excluding carboxylic acids is 4. The summed E-state index contributed by atoms with van der Waals surface area (Å²) in [4.78, 5) is 52.5. The molecule has 1 unspecified atom stereocenters. The minimum absolute atomic E-state index is 0.0403. The van der Waals surface area contributed by atoms with E-state index in [4.69, 9.17) is 14.2 Å². The fourth-order valence-electron chi connectivity index (χ4n) is 6.85. The number of likely N-dealkylation sites (tertiary alicyclic amines) is 1. The smallest absolute Gasteiger partial charge is 0.408 e. The molecule has 0 spiro atoms. The van der Waals surface area contributed by atoms with Crippen LogP contribution in [-0.2, 0) is 48.4 Å². The van der Waals surface area contributed by atoms with Crippen LogP contribution in [0.2, 0.25) is 0 Å². The number of nitrogens with zero attached hydrogens (tertiary/aromatic N) is 1. The van der Waals surface area contributed by atoms with Gasteiger partial charge >= 0.3 is 6.09 Å². The lowest BCUT2D eigenvalue weighted by molar-refractivity contribution is -0.245. The van der Waals surface area contributed by atoms with Crippen LogP contribution in [0.15, 0.2) is 132 Å². The summed E-state index contributed by atoms with van der Waals surface area (Å²) in [5, 5.41) is 14.9. The molecule has 292 valence electrons. The number of amides is 4. The van der Waals surface area contributed by atoms with Gasteiger partial charge in [-0.3, -0.25) is 19.3 Å². The van der Waals surface area contributed by atoms with Gasteiger partial charge in [-0.2, -0.15) is 0 Å². The van der Waals surface area contributed by atoms with E-state index in [1.165, 1.54) is 11.8 Å². The molecule has 2 aliphatic heterocycles. The van der Waals surface area contributed by atoms with Crippen LogP contribution in [0.4, 0.5) is 10.5 Å². The molecule has 0 saturated carbocycles. The van der Waals surface area contributed by atoms with Gasteiger partial charge in [0.15, 0.2) is 6.29 Å². The van der Waals surface area contributed by atoms with Gasteiger partial charge in [0.05, 0.1) is 31.8 Å². The highest BCUT2D eigenvalue weighted by atomic mass is 32.2.